The van der Waals surface area contributed by atoms with Gasteiger partial charge < -0.3 is 5.11 Å². The van der Waals surface area contributed by atoms with Crippen molar-refractivity contribution in [2.24, 2.45) is 5.92 Å². The molecule has 0 radical (unpaired) electrons. The van der Waals surface area contributed by atoms with Crippen LogP contribution in [0.5, 0.6) is 0 Å². The predicted molar refractivity (Wildman–Crippen MR) is 75.5 cm³/mol. The van der Waals surface area contributed by atoms with Crippen molar-refractivity contribution in [1.29, 1.82) is 0 Å². The lowest BCUT2D eigenvalue weighted by Crippen LogP contribution is -2.40. The van der Waals surface area contributed by atoms with Crippen LogP contribution in [0.25, 0.3) is 0 Å². The average molecular weight is 336 g/mol. The number of carboxylic acid groups (broad SMARTS) is 1. The Bertz CT molecular complexity index is 673. The van der Waals surface area contributed by atoms with Gasteiger partial charge in [-0.2, -0.15) is 0 Å². The van der Waals surface area contributed by atoms with Crippen molar-refractivity contribution in [1.82, 2.24) is 4.72 Å². The number of rotatable bonds is 5. The summed E-state index contributed by atoms with van der Waals surface area (Å²) in [6.07, 6.45) is 2.95. The summed E-state index contributed by atoms with van der Waals surface area (Å²) in [7, 11) is -3.99. The predicted octanol–water partition coefficient (Wildman–Crippen LogP) is 2.64. The van der Waals surface area contributed by atoms with Crippen LogP contribution in [-0.4, -0.2) is 25.5 Å². The molecule has 0 spiro atoms. The number of aromatic carboxylic acids is 1. The van der Waals surface area contributed by atoms with E-state index in [9.17, 15) is 17.6 Å². The van der Waals surface area contributed by atoms with Gasteiger partial charge in [0.25, 0.3) is 0 Å². The Labute approximate surface area is 127 Å². The fourth-order valence-corrected chi connectivity index (χ4v) is 3.76. The minimum absolute atomic E-state index is 0.260. The Hall–Kier alpha value is -1.18. The van der Waals surface area contributed by atoms with Gasteiger partial charge in [-0.3, -0.25) is 0 Å². The van der Waals surface area contributed by atoms with E-state index >= 15 is 0 Å². The van der Waals surface area contributed by atoms with Crippen molar-refractivity contribution in [3.8, 4) is 0 Å². The normalized spacial score (nSPS) is 17.3. The van der Waals surface area contributed by atoms with Crippen LogP contribution in [0.4, 0.5) is 4.39 Å². The Morgan fingerprint density at radius 2 is 2.10 bits per heavy atom. The highest BCUT2D eigenvalue weighted by molar-refractivity contribution is 7.89. The summed E-state index contributed by atoms with van der Waals surface area (Å²) in [5.74, 6) is -2.30. The van der Waals surface area contributed by atoms with Gasteiger partial charge in [-0.05, 0) is 37.8 Å². The topological polar surface area (TPSA) is 83.5 Å². The molecule has 0 aliphatic heterocycles. The third kappa shape index (κ3) is 3.36. The molecule has 8 heteroatoms. The molecular formula is C13H15ClFNO4S. The summed E-state index contributed by atoms with van der Waals surface area (Å²) >= 11 is 5.53. The lowest BCUT2D eigenvalue weighted by molar-refractivity contribution is 0.0696. The summed E-state index contributed by atoms with van der Waals surface area (Å²) in [5, 5.41) is 8.33. The number of hydrogen-bond donors (Lipinski definition) is 2. The minimum atomic E-state index is -3.99. The second-order valence-electron chi connectivity index (χ2n) is 5.17. The zero-order chi connectivity index (χ0) is 15.8. The van der Waals surface area contributed by atoms with Crippen LogP contribution < -0.4 is 4.72 Å². The molecule has 116 valence electrons. The molecule has 1 fully saturated rings. The molecule has 0 heterocycles. The zero-order valence-corrected chi connectivity index (χ0v) is 12.8. The van der Waals surface area contributed by atoms with E-state index in [1.165, 1.54) is 0 Å². The van der Waals surface area contributed by atoms with Gasteiger partial charge >= 0.3 is 5.97 Å². The van der Waals surface area contributed by atoms with Gasteiger partial charge in [-0.25, -0.2) is 22.3 Å². The van der Waals surface area contributed by atoms with Crippen LogP contribution in [0.2, 0.25) is 5.02 Å². The van der Waals surface area contributed by atoms with Crippen molar-refractivity contribution in [3.05, 3.63) is 28.5 Å². The van der Waals surface area contributed by atoms with E-state index in [4.69, 9.17) is 16.7 Å². The average Bonchev–Trinajstić information content (AvgIpc) is 2.28. The van der Waals surface area contributed by atoms with Crippen molar-refractivity contribution >= 4 is 27.6 Å². The lowest BCUT2D eigenvalue weighted by Gasteiger charge is -2.31. The number of halogens is 2. The molecule has 0 saturated heterocycles. The fraction of sp³-hybridized carbons (Fsp3) is 0.462. The summed E-state index contributed by atoms with van der Waals surface area (Å²) < 4.78 is 40.5. The van der Waals surface area contributed by atoms with Crippen LogP contribution in [0.1, 0.15) is 36.5 Å². The number of carboxylic acids is 1. The summed E-state index contributed by atoms with van der Waals surface area (Å²) in [6.45, 7) is 1.74. The fourth-order valence-electron chi connectivity index (χ4n) is 2.22. The molecule has 1 aromatic carbocycles. The van der Waals surface area contributed by atoms with Crippen molar-refractivity contribution < 1.29 is 22.7 Å². The number of carbonyl (C=O) groups is 1. The van der Waals surface area contributed by atoms with Gasteiger partial charge in [0.1, 0.15) is 5.82 Å². The zero-order valence-electron chi connectivity index (χ0n) is 11.3. The number of benzene rings is 1. The number of sulfonamides is 1. The highest BCUT2D eigenvalue weighted by atomic mass is 35.5. The maximum absolute atomic E-state index is 13.6. The standard InChI is InChI=1S/C13H15ClFNO4S/c1-7(8-3-2-4-8)16-21(19,20)9-5-10(13(17)18)12(14)11(15)6-9/h5-8,16H,2-4H2,1H3,(H,17,18). The molecule has 0 aromatic heterocycles. The van der Waals surface area contributed by atoms with Crippen LogP contribution >= 0.6 is 11.6 Å². The van der Waals surface area contributed by atoms with Crippen LogP contribution in [0.15, 0.2) is 17.0 Å². The molecule has 1 aliphatic rings. The number of nitrogens with one attached hydrogen (secondary N) is 1. The van der Waals surface area contributed by atoms with Crippen molar-refractivity contribution in [3.63, 3.8) is 0 Å². The SMILES string of the molecule is CC(NS(=O)(=O)c1cc(F)c(Cl)c(C(=O)O)c1)C1CCC1. The highest BCUT2D eigenvalue weighted by Gasteiger charge is 2.29. The molecule has 1 atom stereocenters. The molecule has 21 heavy (non-hydrogen) atoms. The van der Waals surface area contributed by atoms with E-state index in [1.54, 1.807) is 6.92 Å². The second-order valence-corrected chi connectivity index (χ2v) is 7.26. The summed E-state index contributed by atoms with van der Waals surface area (Å²) in [5.41, 5.74) is -0.576. The van der Waals surface area contributed by atoms with Gasteiger partial charge in [0.05, 0.1) is 15.5 Å². The van der Waals surface area contributed by atoms with E-state index in [0.717, 1.165) is 31.4 Å². The Morgan fingerprint density at radius 3 is 2.57 bits per heavy atom. The minimum Gasteiger partial charge on any atom is -0.478 e. The molecular weight excluding hydrogens is 321 g/mol. The highest BCUT2D eigenvalue weighted by Crippen LogP contribution is 2.30. The van der Waals surface area contributed by atoms with Gasteiger partial charge in [0.2, 0.25) is 10.0 Å². The third-order valence-corrected chi connectivity index (χ3v) is 5.66. The third-order valence-electron chi connectivity index (χ3n) is 3.74. The number of hydrogen-bond acceptors (Lipinski definition) is 3. The van der Waals surface area contributed by atoms with E-state index in [0.29, 0.717) is 0 Å². The summed E-state index contributed by atoms with van der Waals surface area (Å²) in [6, 6.07) is 1.31. The molecule has 2 rings (SSSR count). The molecule has 2 N–H and O–H groups in total. The van der Waals surface area contributed by atoms with E-state index < -0.39 is 37.3 Å². The Morgan fingerprint density at radius 1 is 1.48 bits per heavy atom. The molecule has 1 aliphatic carbocycles. The van der Waals surface area contributed by atoms with Crippen molar-refractivity contribution in [2.45, 2.75) is 37.1 Å². The first kappa shape index (κ1) is 16.2. The maximum atomic E-state index is 13.6. The monoisotopic (exact) mass is 335 g/mol. The Kier molecular flexibility index (Phi) is 4.55. The largest absolute Gasteiger partial charge is 0.478 e. The van der Waals surface area contributed by atoms with Gasteiger partial charge in [-0.1, -0.05) is 18.0 Å². The van der Waals surface area contributed by atoms with E-state index in [1.807, 2.05) is 0 Å². The van der Waals surface area contributed by atoms with Crippen molar-refractivity contribution in [2.75, 3.05) is 0 Å². The smallest absolute Gasteiger partial charge is 0.337 e. The quantitative estimate of drug-likeness (QED) is 0.866. The van der Waals surface area contributed by atoms with Gasteiger partial charge in [0, 0.05) is 6.04 Å². The lowest BCUT2D eigenvalue weighted by atomic mass is 9.81. The molecule has 1 unspecified atom stereocenters. The van der Waals surface area contributed by atoms with Gasteiger partial charge in [-0.15, -0.1) is 0 Å². The molecule has 5 nitrogen and oxygen atoms in total. The molecule has 1 aromatic rings. The first-order chi connectivity index (χ1) is 9.72. The first-order valence-corrected chi connectivity index (χ1v) is 8.33. The first-order valence-electron chi connectivity index (χ1n) is 6.47. The summed E-state index contributed by atoms with van der Waals surface area (Å²) in [4.78, 5) is 10.5. The van der Waals surface area contributed by atoms with E-state index in [-0.39, 0.29) is 12.0 Å². The molecule has 1 saturated carbocycles. The second kappa shape index (κ2) is 5.90. The van der Waals surface area contributed by atoms with Crippen LogP contribution in [-0.2, 0) is 10.0 Å². The van der Waals surface area contributed by atoms with Crippen LogP contribution in [0, 0.1) is 11.7 Å². The van der Waals surface area contributed by atoms with Crippen LogP contribution in [0.3, 0.4) is 0 Å². The Balaban J connectivity index is 2.33. The molecule has 0 bridgehead atoms. The maximum Gasteiger partial charge on any atom is 0.337 e. The van der Waals surface area contributed by atoms with Gasteiger partial charge in [0.15, 0.2) is 0 Å². The van der Waals surface area contributed by atoms with E-state index in [2.05, 4.69) is 4.72 Å². The molecule has 0 amide bonds.